The molecule has 4 rings (SSSR count). The topological polar surface area (TPSA) is 122 Å². The van der Waals surface area contributed by atoms with Crippen LogP contribution in [0.3, 0.4) is 0 Å². The Morgan fingerprint density at radius 2 is 1.91 bits per heavy atom. The lowest BCUT2D eigenvalue weighted by atomic mass is 9.84. The molecule has 1 aliphatic rings. The number of nitrogens with two attached hydrogens (primary N) is 1. The van der Waals surface area contributed by atoms with Crippen LogP contribution in [0.5, 0.6) is 5.75 Å². The largest absolute Gasteiger partial charge is 0.497 e. The van der Waals surface area contributed by atoms with E-state index in [0.717, 1.165) is 41.6 Å². The second-order valence-corrected chi connectivity index (χ2v) is 8.26. The Balaban J connectivity index is 1.53. The Kier molecular flexibility index (Phi) is 6.58. The number of aromatic amines is 1. The molecule has 3 atom stereocenters. The van der Waals surface area contributed by atoms with Gasteiger partial charge in [-0.1, -0.05) is 37.1 Å². The molecule has 0 spiro atoms. The van der Waals surface area contributed by atoms with E-state index in [1.54, 1.807) is 7.11 Å². The number of benzene rings is 2. The minimum Gasteiger partial charge on any atom is -0.497 e. The van der Waals surface area contributed by atoms with E-state index in [0.29, 0.717) is 18.7 Å². The van der Waals surface area contributed by atoms with Crippen molar-refractivity contribution in [3.63, 3.8) is 0 Å². The van der Waals surface area contributed by atoms with E-state index in [1.807, 2.05) is 48.5 Å². The maximum Gasteiger partial charge on any atom is 0.315 e. The molecule has 0 unspecified atom stereocenters. The van der Waals surface area contributed by atoms with E-state index in [-0.39, 0.29) is 29.9 Å². The number of para-hydroxylation sites is 2. The number of rotatable bonds is 7. The number of amides is 3. The van der Waals surface area contributed by atoms with E-state index in [9.17, 15) is 9.59 Å². The number of fused-ring (bicyclic) bond motifs is 1. The van der Waals surface area contributed by atoms with E-state index in [2.05, 4.69) is 20.6 Å². The second kappa shape index (κ2) is 9.72. The standard InChI is InChI=1S/C24H29N5O3/c1-32-16-12-10-15(11-13-16)14-21(23-26-19-8-4-5-9-20(19)27-23)29-24(31)28-18-7-3-2-6-17(18)22(25)30/h4-5,8-13,17-18,21H,2-3,6-7,14H2,1H3,(H2,25,30)(H,26,27)(H2,28,29,31)/t17-,18+,21-/m1/s1. The number of urea groups is 1. The van der Waals surface area contributed by atoms with Gasteiger partial charge in [0.05, 0.1) is 30.1 Å². The summed E-state index contributed by atoms with van der Waals surface area (Å²) in [6.07, 6.45) is 3.91. The number of hydrogen-bond acceptors (Lipinski definition) is 4. The van der Waals surface area contributed by atoms with E-state index in [1.165, 1.54) is 0 Å². The van der Waals surface area contributed by atoms with Gasteiger partial charge in [-0.25, -0.2) is 9.78 Å². The van der Waals surface area contributed by atoms with Gasteiger partial charge in [0, 0.05) is 6.04 Å². The quantitative estimate of drug-likeness (QED) is 0.455. The zero-order valence-electron chi connectivity index (χ0n) is 18.1. The third kappa shape index (κ3) is 5.01. The second-order valence-electron chi connectivity index (χ2n) is 8.26. The molecule has 0 bridgehead atoms. The summed E-state index contributed by atoms with van der Waals surface area (Å²) in [6, 6.07) is 14.5. The summed E-state index contributed by atoms with van der Waals surface area (Å²) in [7, 11) is 1.63. The third-order valence-electron chi connectivity index (χ3n) is 6.09. The Labute approximate surface area is 186 Å². The van der Waals surface area contributed by atoms with Crippen molar-refractivity contribution in [1.82, 2.24) is 20.6 Å². The lowest BCUT2D eigenvalue weighted by Crippen LogP contribution is -2.51. The van der Waals surface area contributed by atoms with Gasteiger partial charge in [-0.2, -0.15) is 0 Å². The van der Waals surface area contributed by atoms with Crippen LogP contribution in [0.15, 0.2) is 48.5 Å². The Morgan fingerprint density at radius 3 is 2.62 bits per heavy atom. The maximum absolute atomic E-state index is 12.9. The number of H-pyrrole nitrogens is 1. The molecule has 1 aliphatic carbocycles. The molecule has 32 heavy (non-hydrogen) atoms. The molecule has 0 radical (unpaired) electrons. The Hall–Kier alpha value is -3.55. The Bertz CT molecular complexity index is 1050. The minimum absolute atomic E-state index is 0.251. The van der Waals surface area contributed by atoms with Crippen LogP contribution in [0, 0.1) is 5.92 Å². The van der Waals surface area contributed by atoms with Crippen molar-refractivity contribution < 1.29 is 14.3 Å². The molecule has 8 heteroatoms. The summed E-state index contributed by atoms with van der Waals surface area (Å²) in [5.41, 5.74) is 8.34. The third-order valence-corrected chi connectivity index (χ3v) is 6.09. The molecule has 1 heterocycles. The molecule has 0 aliphatic heterocycles. The smallest absolute Gasteiger partial charge is 0.315 e. The highest BCUT2D eigenvalue weighted by molar-refractivity contribution is 5.80. The highest BCUT2D eigenvalue weighted by Gasteiger charge is 2.31. The zero-order chi connectivity index (χ0) is 22.5. The van der Waals surface area contributed by atoms with E-state index < -0.39 is 0 Å². The predicted molar refractivity (Wildman–Crippen MR) is 122 cm³/mol. The van der Waals surface area contributed by atoms with Crippen molar-refractivity contribution in [2.45, 2.75) is 44.2 Å². The van der Waals surface area contributed by atoms with Crippen LogP contribution in [0.4, 0.5) is 4.79 Å². The average Bonchev–Trinajstić information content (AvgIpc) is 3.24. The van der Waals surface area contributed by atoms with Crippen LogP contribution in [0.25, 0.3) is 11.0 Å². The van der Waals surface area contributed by atoms with Crippen molar-refractivity contribution in [3.05, 3.63) is 59.9 Å². The van der Waals surface area contributed by atoms with E-state index >= 15 is 0 Å². The number of ether oxygens (including phenoxy) is 1. The monoisotopic (exact) mass is 435 g/mol. The van der Waals surface area contributed by atoms with Gasteiger partial charge in [-0.05, 0) is 49.1 Å². The van der Waals surface area contributed by atoms with Crippen molar-refractivity contribution in [3.8, 4) is 5.75 Å². The number of aromatic nitrogens is 2. The van der Waals surface area contributed by atoms with Crippen LogP contribution in [0.2, 0.25) is 0 Å². The first-order valence-electron chi connectivity index (χ1n) is 11.0. The molecular formula is C24H29N5O3. The van der Waals surface area contributed by atoms with Crippen molar-refractivity contribution in [2.24, 2.45) is 11.7 Å². The fourth-order valence-corrected chi connectivity index (χ4v) is 4.36. The summed E-state index contributed by atoms with van der Waals surface area (Å²) in [5.74, 6) is 0.754. The number of nitrogens with one attached hydrogen (secondary N) is 3. The van der Waals surface area contributed by atoms with Crippen LogP contribution < -0.4 is 21.1 Å². The molecule has 1 fully saturated rings. The van der Waals surface area contributed by atoms with Gasteiger partial charge >= 0.3 is 6.03 Å². The summed E-state index contributed by atoms with van der Waals surface area (Å²) < 4.78 is 5.24. The van der Waals surface area contributed by atoms with Gasteiger partial charge in [-0.3, -0.25) is 4.79 Å². The molecule has 2 aromatic carbocycles. The number of hydrogen-bond donors (Lipinski definition) is 4. The number of imidazole rings is 1. The molecule has 168 valence electrons. The fraction of sp³-hybridized carbons (Fsp3) is 0.375. The summed E-state index contributed by atoms with van der Waals surface area (Å²) in [5, 5.41) is 6.03. The number of carbonyl (C=O) groups excluding carboxylic acids is 2. The summed E-state index contributed by atoms with van der Waals surface area (Å²) >= 11 is 0. The first kappa shape index (κ1) is 21.7. The van der Waals surface area contributed by atoms with Crippen molar-refractivity contribution in [2.75, 3.05) is 7.11 Å². The van der Waals surface area contributed by atoms with Crippen molar-refractivity contribution in [1.29, 1.82) is 0 Å². The van der Waals surface area contributed by atoms with Crippen molar-refractivity contribution >= 4 is 23.0 Å². The first-order valence-corrected chi connectivity index (χ1v) is 11.0. The number of primary amides is 1. The molecule has 3 amide bonds. The minimum atomic E-state index is -0.383. The number of methoxy groups -OCH3 is 1. The van der Waals surface area contributed by atoms with Crippen LogP contribution in [-0.4, -0.2) is 35.1 Å². The molecule has 1 aromatic heterocycles. The van der Waals surface area contributed by atoms with Crippen LogP contribution in [-0.2, 0) is 11.2 Å². The first-order chi connectivity index (χ1) is 15.5. The normalized spacial score (nSPS) is 19.3. The SMILES string of the molecule is COc1ccc(C[C@@H](NC(=O)N[C@H]2CCCC[C@H]2C(N)=O)c2nc3ccccc3[nH]2)cc1. The van der Waals surface area contributed by atoms with Gasteiger partial charge in [0.2, 0.25) is 5.91 Å². The maximum atomic E-state index is 12.9. The molecule has 3 aromatic rings. The molecule has 5 N–H and O–H groups in total. The van der Waals surface area contributed by atoms with Crippen LogP contribution in [0.1, 0.15) is 43.1 Å². The lowest BCUT2D eigenvalue weighted by Gasteiger charge is -2.30. The highest BCUT2D eigenvalue weighted by Crippen LogP contribution is 2.25. The lowest BCUT2D eigenvalue weighted by molar-refractivity contribution is -0.123. The highest BCUT2D eigenvalue weighted by atomic mass is 16.5. The van der Waals surface area contributed by atoms with Crippen LogP contribution >= 0.6 is 0 Å². The van der Waals surface area contributed by atoms with Gasteiger partial charge in [0.1, 0.15) is 11.6 Å². The van der Waals surface area contributed by atoms with Gasteiger partial charge in [-0.15, -0.1) is 0 Å². The molecule has 8 nitrogen and oxygen atoms in total. The average molecular weight is 436 g/mol. The molecular weight excluding hydrogens is 406 g/mol. The number of nitrogens with zero attached hydrogens (tertiary/aromatic N) is 1. The summed E-state index contributed by atoms with van der Waals surface area (Å²) in [4.78, 5) is 32.8. The molecule has 0 saturated heterocycles. The Morgan fingerprint density at radius 1 is 1.16 bits per heavy atom. The van der Waals surface area contributed by atoms with Gasteiger partial charge < -0.3 is 26.1 Å². The fourth-order valence-electron chi connectivity index (χ4n) is 4.36. The summed E-state index contributed by atoms with van der Waals surface area (Å²) in [6.45, 7) is 0. The molecule has 1 saturated carbocycles. The predicted octanol–water partition coefficient (Wildman–Crippen LogP) is 3.20. The van der Waals surface area contributed by atoms with Gasteiger partial charge in [0.25, 0.3) is 0 Å². The number of carbonyl (C=O) groups is 2. The zero-order valence-corrected chi connectivity index (χ0v) is 18.1. The van der Waals surface area contributed by atoms with Gasteiger partial charge in [0.15, 0.2) is 0 Å². The van der Waals surface area contributed by atoms with E-state index in [4.69, 9.17) is 10.5 Å².